The largest absolute Gasteiger partial charge is 0.481 e. The van der Waals surface area contributed by atoms with E-state index in [1.807, 2.05) is 6.07 Å². The van der Waals surface area contributed by atoms with Gasteiger partial charge in [0.15, 0.2) is 0 Å². The van der Waals surface area contributed by atoms with Gasteiger partial charge in [-0.15, -0.1) is 0 Å². The summed E-state index contributed by atoms with van der Waals surface area (Å²) in [5, 5.41) is 11.5. The maximum absolute atomic E-state index is 11.1. The van der Waals surface area contributed by atoms with E-state index in [4.69, 9.17) is 5.11 Å². The van der Waals surface area contributed by atoms with Crippen molar-refractivity contribution in [1.29, 1.82) is 0 Å². The minimum Gasteiger partial charge on any atom is -0.481 e. The second kappa shape index (κ2) is 4.45. The van der Waals surface area contributed by atoms with Crippen molar-refractivity contribution in [3.63, 3.8) is 0 Å². The van der Waals surface area contributed by atoms with Crippen LogP contribution in [-0.4, -0.2) is 11.1 Å². The molecule has 0 heterocycles. The summed E-state index contributed by atoms with van der Waals surface area (Å²) in [7, 11) is 0. The van der Waals surface area contributed by atoms with Gasteiger partial charge >= 0.3 is 5.97 Å². The number of aliphatic carboxylic acids is 1. The Balaban J connectivity index is 2.36. The molecule has 2 nitrogen and oxygen atoms in total. The first-order chi connectivity index (χ1) is 8.38. The van der Waals surface area contributed by atoms with Gasteiger partial charge < -0.3 is 5.11 Å². The molecular weight excluding hydrogens is 224 g/mol. The van der Waals surface area contributed by atoms with Crippen LogP contribution in [0.2, 0.25) is 0 Å². The van der Waals surface area contributed by atoms with Crippen molar-refractivity contribution in [1.82, 2.24) is 0 Å². The minimum atomic E-state index is -0.758. The standard InChI is InChI=1S/C16H18O2/c1-11-4-6-14-9-12(5-7-13(14)8-11)10-16(2,3)15(17)18/h4-9H,10H2,1-3H3,(H,17,18). The lowest BCUT2D eigenvalue weighted by Gasteiger charge is -2.19. The predicted molar refractivity (Wildman–Crippen MR) is 73.8 cm³/mol. The number of fused-ring (bicyclic) bond motifs is 1. The van der Waals surface area contributed by atoms with Gasteiger partial charge in [0.25, 0.3) is 0 Å². The van der Waals surface area contributed by atoms with Crippen molar-refractivity contribution in [3.8, 4) is 0 Å². The fourth-order valence-corrected chi connectivity index (χ4v) is 2.11. The third-order valence-electron chi connectivity index (χ3n) is 3.29. The number of carboxylic acid groups (broad SMARTS) is 1. The van der Waals surface area contributed by atoms with Crippen molar-refractivity contribution in [2.75, 3.05) is 0 Å². The van der Waals surface area contributed by atoms with Crippen molar-refractivity contribution < 1.29 is 9.90 Å². The first-order valence-electron chi connectivity index (χ1n) is 6.11. The molecular formula is C16H18O2. The Hall–Kier alpha value is -1.83. The first-order valence-corrected chi connectivity index (χ1v) is 6.11. The number of aryl methyl sites for hydroxylation is 1. The quantitative estimate of drug-likeness (QED) is 0.888. The second-order valence-corrected chi connectivity index (χ2v) is 5.55. The molecule has 2 heteroatoms. The maximum Gasteiger partial charge on any atom is 0.309 e. The van der Waals surface area contributed by atoms with E-state index in [1.165, 1.54) is 16.3 Å². The number of benzene rings is 2. The number of rotatable bonds is 3. The van der Waals surface area contributed by atoms with E-state index >= 15 is 0 Å². The zero-order chi connectivity index (χ0) is 13.3. The van der Waals surface area contributed by atoms with Crippen LogP contribution in [0.25, 0.3) is 10.8 Å². The number of hydrogen-bond donors (Lipinski definition) is 1. The molecule has 0 saturated carbocycles. The molecule has 1 N–H and O–H groups in total. The smallest absolute Gasteiger partial charge is 0.309 e. The van der Waals surface area contributed by atoms with Gasteiger partial charge in [-0.1, -0.05) is 42.0 Å². The fraction of sp³-hybridized carbons (Fsp3) is 0.312. The molecule has 2 aromatic rings. The van der Waals surface area contributed by atoms with Crippen LogP contribution in [0.5, 0.6) is 0 Å². The van der Waals surface area contributed by atoms with E-state index < -0.39 is 11.4 Å². The first kappa shape index (κ1) is 12.6. The number of carbonyl (C=O) groups is 1. The van der Waals surface area contributed by atoms with Crippen LogP contribution in [0.1, 0.15) is 25.0 Å². The topological polar surface area (TPSA) is 37.3 Å². The van der Waals surface area contributed by atoms with Gasteiger partial charge in [-0.25, -0.2) is 0 Å². The molecule has 2 aromatic carbocycles. The summed E-state index contributed by atoms with van der Waals surface area (Å²) < 4.78 is 0. The lowest BCUT2D eigenvalue weighted by molar-refractivity contribution is -0.146. The zero-order valence-electron chi connectivity index (χ0n) is 11.0. The Kier molecular flexibility index (Phi) is 3.12. The van der Waals surface area contributed by atoms with Crippen LogP contribution in [-0.2, 0) is 11.2 Å². The van der Waals surface area contributed by atoms with Gasteiger partial charge in [-0.2, -0.15) is 0 Å². The van der Waals surface area contributed by atoms with E-state index in [0.717, 1.165) is 5.56 Å². The van der Waals surface area contributed by atoms with Crippen molar-refractivity contribution in [2.45, 2.75) is 27.2 Å². The van der Waals surface area contributed by atoms with Crippen LogP contribution in [0.4, 0.5) is 0 Å². The van der Waals surface area contributed by atoms with Gasteiger partial charge in [0.1, 0.15) is 0 Å². The average Bonchev–Trinajstić information content (AvgIpc) is 2.28. The van der Waals surface area contributed by atoms with Gasteiger partial charge in [0.2, 0.25) is 0 Å². The molecule has 94 valence electrons. The van der Waals surface area contributed by atoms with Crippen LogP contribution in [0.15, 0.2) is 36.4 Å². The predicted octanol–water partition coefficient (Wildman–Crippen LogP) is 3.80. The van der Waals surface area contributed by atoms with Gasteiger partial charge in [0, 0.05) is 0 Å². The summed E-state index contributed by atoms with van der Waals surface area (Å²) in [6, 6.07) is 12.5. The normalized spacial score (nSPS) is 11.7. The van der Waals surface area contributed by atoms with E-state index in [1.54, 1.807) is 13.8 Å². The highest BCUT2D eigenvalue weighted by molar-refractivity contribution is 5.84. The van der Waals surface area contributed by atoms with E-state index in [0.29, 0.717) is 6.42 Å². The van der Waals surface area contributed by atoms with E-state index in [9.17, 15) is 4.79 Å². The summed E-state index contributed by atoms with van der Waals surface area (Å²) in [6.07, 6.45) is 0.548. The van der Waals surface area contributed by atoms with Crippen LogP contribution < -0.4 is 0 Å². The lowest BCUT2D eigenvalue weighted by atomic mass is 9.85. The summed E-state index contributed by atoms with van der Waals surface area (Å²) >= 11 is 0. The molecule has 2 rings (SSSR count). The SMILES string of the molecule is Cc1ccc2cc(CC(C)(C)C(=O)O)ccc2c1. The molecule has 0 aromatic heterocycles. The lowest BCUT2D eigenvalue weighted by Crippen LogP contribution is -2.26. The Morgan fingerprint density at radius 1 is 1.11 bits per heavy atom. The molecule has 0 bridgehead atoms. The van der Waals surface area contributed by atoms with Gasteiger partial charge in [-0.3, -0.25) is 4.79 Å². The molecule has 0 amide bonds. The molecule has 0 aliphatic rings. The molecule has 0 spiro atoms. The summed E-state index contributed by atoms with van der Waals surface area (Å²) in [6.45, 7) is 5.59. The summed E-state index contributed by atoms with van der Waals surface area (Å²) in [4.78, 5) is 11.1. The maximum atomic E-state index is 11.1. The molecule has 0 saturated heterocycles. The van der Waals surface area contributed by atoms with Crippen molar-refractivity contribution in [3.05, 3.63) is 47.5 Å². The molecule has 0 aliphatic heterocycles. The Morgan fingerprint density at radius 3 is 2.39 bits per heavy atom. The van der Waals surface area contributed by atoms with Gasteiger partial charge in [-0.05, 0) is 43.5 Å². The fourth-order valence-electron chi connectivity index (χ4n) is 2.11. The molecule has 0 radical (unpaired) electrons. The average molecular weight is 242 g/mol. The van der Waals surface area contributed by atoms with Crippen LogP contribution >= 0.6 is 0 Å². The third-order valence-corrected chi connectivity index (χ3v) is 3.29. The summed E-state index contributed by atoms with van der Waals surface area (Å²) in [5.74, 6) is -0.758. The Labute approximate surface area is 107 Å². The highest BCUT2D eigenvalue weighted by Crippen LogP contribution is 2.25. The van der Waals surface area contributed by atoms with Crippen LogP contribution in [0, 0.1) is 12.3 Å². The molecule has 0 fully saturated rings. The zero-order valence-corrected chi connectivity index (χ0v) is 11.0. The Bertz CT molecular complexity index is 597. The number of carboxylic acids is 1. The molecule has 18 heavy (non-hydrogen) atoms. The molecule has 0 aliphatic carbocycles. The van der Waals surface area contributed by atoms with E-state index in [-0.39, 0.29) is 0 Å². The second-order valence-electron chi connectivity index (χ2n) is 5.55. The third kappa shape index (κ3) is 2.53. The van der Waals surface area contributed by atoms with Gasteiger partial charge in [0.05, 0.1) is 5.41 Å². The highest BCUT2D eigenvalue weighted by atomic mass is 16.4. The van der Waals surface area contributed by atoms with Crippen LogP contribution in [0.3, 0.4) is 0 Å². The van der Waals surface area contributed by atoms with E-state index in [2.05, 4.69) is 37.3 Å². The van der Waals surface area contributed by atoms with Crippen molar-refractivity contribution >= 4 is 16.7 Å². The number of hydrogen-bond acceptors (Lipinski definition) is 1. The Morgan fingerprint density at radius 2 is 1.72 bits per heavy atom. The monoisotopic (exact) mass is 242 g/mol. The molecule has 0 atom stereocenters. The van der Waals surface area contributed by atoms with Crippen molar-refractivity contribution in [2.24, 2.45) is 5.41 Å². The minimum absolute atomic E-state index is 0.548. The highest BCUT2D eigenvalue weighted by Gasteiger charge is 2.27. The summed E-state index contributed by atoms with van der Waals surface area (Å²) in [5.41, 5.74) is 1.58. The molecule has 0 unspecified atom stereocenters.